The Balaban J connectivity index is 1.92. The third-order valence-corrected chi connectivity index (χ3v) is 5.25. The third kappa shape index (κ3) is 3.45. The average Bonchev–Trinajstić information content (AvgIpc) is 3.28. The van der Waals surface area contributed by atoms with Crippen molar-refractivity contribution in [2.45, 2.75) is 45.2 Å². The van der Waals surface area contributed by atoms with Crippen LogP contribution in [0.3, 0.4) is 0 Å². The first-order valence-electron chi connectivity index (χ1n) is 7.94. The molecule has 1 aliphatic carbocycles. The van der Waals surface area contributed by atoms with Gasteiger partial charge in [-0.3, -0.25) is 4.79 Å². The second-order valence-corrected chi connectivity index (χ2v) is 6.91. The van der Waals surface area contributed by atoms with Crippen molar-refractivity contribution in [2.24, 2.45) is 0 Å². The minimum atomic E-state index is 0.00267. The summed E-state index contributed by atoms with van der Waals surface area (Å²) in [6, 6.07) is 0.531. The first kappa shape index (κ1) is 16.1. The number of thiophene rings is 1. The molecule has 1 saturated carbocycles. The van der Waals surface area contributed by atoms with Crippen molar-refractivity contribution in [1.82, 2.24) is 15.3 Å². The highest BCUT2D eigenvalue weighted by atomic mass is 32.1. The van der Waals surface area contributed by atoms with Gasteiger partial charge in [-0.2, -0.15) is 0 Å². The summed E-state index contributed by atoms with van der Waals surface area (Å²) in [6.45, 7) is 4.68. The van der Waals surface area contributed by atoms with Crippen LogP contribution >= 0.6 is 11.3 Å². The number of methoxy groups -OCH3 is 1. The number of carbonyl (C=O) groups is 1. The lowest BCUT2D eigenvalue weighted by Gasteiger charge is -2.17. The Kier molecular flexibility index (Phi) is 4.77. The van der Waals surface area contributed by atoms with Gasteiger partial charge in [-0.25, -0.2) is 9.97 Å². The van der Waals surface area contributed by atoms with Gasteiger partial charge in [0.05, 0.1) is 22.9 Å². The molecule has 0 spiro atoms. The third-order valence-electron chi connectivity index (χ3n) is 4.05. The lowest BCUT2D eigenvalue weighted by molar-refractivity contribution is 0.0954. The maximum absolute atomic E-state index is 12.4. The number of fused-ring (bicyclic) bond motifs is 1. The maximum Gasteiger partial charge on any atom is 0.261 e. The van der Waals surface area contributed by atoms with Crippen LogP contribution in [0, 0.1) is 6.92 Å². The zero-order valence-electron chi connectivity index (χ0n) is 13.7. The van der Waals surface area contributed by atoms with E-state index in [1.807, 2.05) is 6.92 Å². The molecule has 0 aliphatic heterocycles. The topological polar surface area (TPSA) is 76.1 Å². The Labute approximate surface area is 139 Å². The van der Waals surface area contributed by atoms with Crippen molar-refractivity contribution in [2.75, 3.05) is 19.0 Å². The zero-order chi connectivity index (χ0) is 16.4. The molecule has 6 nitrogen and oxygen atoms in total. The Bertz CT molecular complexity index is 711. The van der Waals surface area contributed by atoms with Gasteiger partial charge in [0.25, 0.3) is 5.91 Å². The van der Waals surface area contributed by atoms with E-state index in [0.717, 1.165) is 45.7 Å². The predicted molar refractivity (Wildman–Crippen MR) is 92.2 cm³/mol. The number of aromatic nitrogens is 2. The number of nitrogens with one attached hydrogen (secondary N) is 2. The predicted octanol–water partition coefficient (Wildman–Crippen LogP) is 2.73. The lowest BCUT2D eigenvalue weighted by Crippen LogP contribution is -2.25. The standard InChI is InChI=1S/C16H22N4O2S/c1-4-10(7-22-3)19-14-12-9(2)13(15(21)20-11-5-6-11)23-16(12)18-8-17-14/h8,10-11H,4-7H2,1-3H3,(H,20,21)(H,17,18,19). The molecule has 1 fully saturated rings. The van der Waals surface area contributed by atoms with Crippen molar-refractivity contribution < 1.29 is 9.53 Å². The molecule has 1 unspecified atom stereocenters. The van der Waals surface area contributed by atoms with Crippen molar-refractivity contribution in [3.63, 3.8) is 0 Å². The summed E-state index contributed by atoms with van der Waals surface area (Å²) in [5.74, 6) is 0.779. The molecule has 1 aliphatic rings. The fourth-order valence-corrected chi connectivity index (χ4v) is 3.58. The fraction of sp³-hybridized carbons (Fsp3) is 0.562. The molecule has 2 N–H and O–H groups in total. The van der Waals surface area contributed by atoms with Crippen molar-refractivity contribution >= 4 is 33.3 Å². The molecule has 7 heteroatoms. The Hall–Kier alpha value is -1.73. The molecule has 124 valence electrons. The molecule has 1 amide bonds. The molecule has 2 aromatic heterocycles. The number of anilines is 1. The molecule has 3 rings (SSSR count). The van der Waals surface area contributed by atoms with Crippen LogP contribution in [0.4, 0.5) is 5.82 Å². The first-order chi connectivity index (χ1) is 11.1. The average molecular weight is 334 g/mol. The zero-order valence-corrected chi connectivity index (χ0v) is 14.5. The van der Waals surface area contributed by atoms with E-state index < -0.39 is 0 Å². The number of rotatable bonds is 7. The van der Waals surface area contributed by atoms with E-state index in [2.05, 4.69) is 27.5 Å². The van der Waals surface area contributed by atoms with E-state index in [4.69, 9.17) is 4.74 Å². The van der Waals surface area contributed by atoms with E-state index >= 15 is 0 Å². The van der Waals surface area contributed by atoms with E-state index in [0.29, 0.717) is 12.6 Å². The van der Waals surface area contributed by atoms with Gasteiger partial charge in [-0.1, -0.05) is 6.92 Å². The number of ether oxygens (including phenoxy) is 1. The van der Waals surface area contributed by atoms with Crippen LogP contribution in [0.5, 0.6) is 0 Å². The number of nitrogens with zero attached hydrogens (tertiary/aromatic N) is 2. The molecule has 0 radical (unpaired) electrons. The minimum absolute atomic E-state index is 0.00267. The quantitative estimate of drug-likeness (QED) is 0.814. The summed E-state index contributed by atoms with van der Waals surface area (Å²) in [5.41, 5.74) is 0.943. The molecule has 23 heavy (non-hydrogen) atoms. The van der Waals surface area contributed by atoms with E-state index in [-0.39, 0.29) is 11.9 Å². The van der Waals surface area contributed by atoms with E-state index in [1.54, 1.807) is 13.4 Å². The smallest absolute Gasteiger partial charge is 0.261 e. The molecule has 0 bridgehead atoms. The minimum Gasteiger partial charge on any atom is -0.383 e. The lowest BCUT2D eigenvalue weighted by atomic mass is 10.1. The van der Waals surface area contributed by atoms with Gasteiger partial charge >= 0.3 is 0 Å². The van der Waals surface area contributed by atoms with Crippen LogP contribution in [-0.2, 0) is 4.74 Å². The number of aryl methyl sites for hydroxylation is 1. The van der Waals surface area contributed by atoms with Crippen molar-refractivity contribution in [3.8, 4) is 0 Å². The largest absolute Gasteiger partial charge is 0.383 e. The van der Waals surface area contributed by atoms with E-state index in [1.165, 1.54) is 11.3 Å². The highest BCUT2D eigenvalue weighted by molar-refractivity contribution is 7.20. The number of hydrogen-bond acceptors (Lipinski definition) is 6. The summed E-state index contributed by atoms with van der Waals surface area (Å²) >= 11 is 1.43. The van der Waals surface area contributed by atoms with Gasteiger partial charge in [0.2, 0.25) is 0 Å². The van der Waals surface area contributed by atoms with Gasteiger partial charge in [0.1, 0.15) is 17.0 Å². The van der Waals surface area contributed by atoms with Crippen LogP contribution in [-0.4, -0.2) is 41.7 Å². The normalized spacial score (nSPS) is 15.6. The summed E-state index contributed by atoms with van der Waals surface area (Å²) in [7, 11) is 1.69. The van der Waals surface area contributed by atoms with Gasteiger partial charge in [0, 0.05) is 13.2 Å². The molecule has 2 aromatic rings. The number of hydrogen-bond donors (Lipinski definition) is 2. The molecule has 0 saturated heterocycles. The second kappa shape index (κ2) is 6.80. The SMILES string of the molecule is CCC(COC)Nc1ncnc2sc(C(=O)NC3CC3)c(C)c12. The van der Waals surface area contributed by atoms with Gasteiger partial charge in [-0.15, -0.1) is 11.3 Å². The van der Waals surface area contributed by atoms with Crippen LogP contribution < -0.4 is 10.6 Å². The summed E-state index contributed by atoms with van der Waals surface area (Å²) in [5, 5.41) is 7.40. The molecular weight excluding hydrogens is 312 g/mol. The molecule has 1 atom stereocenters. The van der Waals surface area contributed by atoms with Crippen LogP contribution in [0.2, 0.25) is 0 Å². The van der Waals surface area contributed by atoms with E-state index in [9.17, 15) is 4.79 Å². The Morgan fingerprint density at radius 2 is 2.26 bits per heavy atom. The van der Waals surface area contributed by atoms with Crippen molar-refractivity contribution in [1.29, 1.82) is 0 Å². The fourth-order valence-electron chi connectivity index (χ4n) is 2.53. The Morgan fingerprint density at radius 3 is 2.91 bits per heavy atom. The number of carbonyl (C=O) groups excluding carboxylic acids is 1. The van der Waals surface area contributed by atoms with Crippen LogP contribution in [0.15, 0.2) is 6.33 Å². The summed E-state index contributed by atoms with van der Waals surface area (Å²) < 4.78 is 5.24. The maximum atomic E-state index is 12.4. The summed E-state index contributed by atoms with van der Waals surface area (Å²) in [6.07, 6.45) is 4.63. The Morgan fingerprint density at radius 1 is 1.48 bits per heavy atom. The van der Waals surface area contributed by atoms with Crippen molar-refractivity contribution in [3.05, 3.63) is 16.8 Å². The van der Waals surface area contributed by atoms with Gasteiger partial charge in [0.15, 0.2) is 0 Å². The molecule has 2 heterocycles. The van der Waals surface area contributed by atoms with Crippen LogP contribution in [0.1, 0.15) is 41.4 Å². The van der Waals surface area contributed by atoms with Gasteiger partial charge in [-0.05, 0) is 31.7 Å². The molecule has 0 aromatic carbocycles. The van der Waals surface area contributed by atoms with Crippen LogP contribution in [0.25, 0.3) is 10.2 Å². The second-order valence-electron chi connectivity index (χ2n) is 5.91. The number of amides is 1. The highest BCUT2D eigenvalue weighted by Crippen LogP contribution is 2.34. The highest BCUT2D eigenvalue weighted by Gasteiger charge is 2.26. The molecular formula is C16H22N4O2S. The summed E-state index contributed by atoms with van der Waals surface area (Å²) in [4.78, 5) is 22.7. The van der Waals surface area contributed by atoms with Gasteiger partial charge < -0.3 is 15.4 Å². The monoisotopic (exact) mass is 334 g/mol. The first-order valence-corrected chi connectivity index (χ1v) is 8.76.